The molecule has 4 rings (SSSR count). The van der Waals surface area contributed by atoms with Crippen LogP contribution >= 0.6 is 0 Å². The van der Waals surface area contributed by atoms with Gasteiger partial charge in [-0.2, -0.15) is 26.3 Å². The lowest BCUT2D eigenvalue weighted by atomic mass is 9.77. The zero-order chi connectivity index (χ0) is 29.0. The average molecular weight is 567 g/mol. The highest BCUT2D eigenvalue weighted by atomic mass is 19.4. The predicted octanol–water partition coefficient (Wildman–Crippen LogP) is 7.00. The number of nitrogens with two attached hydrogens (primary N) is 1. The predicted molar refractivity (Wildman–Crippen MR) is 139 cm³/mol. The monoisotopic (exact) mass is 566 g/mol. The summed E-state index contributed by atoms with van der Waals surface area (Å²) < 4.78 is 92.1. The lowest BCUT2D eigenvalue weighted by molar-refractivity contribution is -0.143. The van der Waals surface area contributed by atoms with Gasteiger partial charge >= 0.3 is 12.4 Å². The Labute approximate surface area is 229 Å². The Balaban J connectivity index is 1.48. The van der Waals surface area contributed by atoms with Crippen LogP contribution in [-0.4, -0.2) is 25.3 Å². The van der Waals surface area contributed by atoms with Gasteiger partial charge in [-0.25, -0.2) is 0 Å². The van der Waals surface area contributed by atoms with E-state index in [1.54, 1.807) is 0 Å². The summed E-state index contributed by atoms with van der Waals surface area (Å²) in [7, 11) is 0. The maximum atomic E-state index is 13.4. The molecule has 0 saturated carbocycles. The maximum absolute atomic E-state index is 13.4. The Morgan fingerprint density at radius 2 is 1.40 bits per heavy atom. The van der Waals surface area contributed by atoms with E-state index in [1.165, 1.54) is 6.92 Å². The minimum Gasteiger partial charge on any atom is -0.375 e. The molecule has 3 aromatic rings. The summed E-state index contributed by atoms with van der Waals surface area (Å²) in [6.07, 6.45) is -9.82. The fraction of sp³-hybridized carbons (Fsp3) is 0.400. The maximum Gasteiger partial charge on any atom is 0.416 e. The molecule has 1 aliphatic rings. The second-order valence-electron chi connectivity index (χ2n) is 10.4. The van der Waals surface area contributed by atoms with E-state index in [-0.39, 0.29) is 18.2 Å². The summed E-state index contributed by atoms with van der Waals surface area (Å²) in [5.74, 6) is 0. The molecular formula is C30H32F6N2O2. The summed E-state index contributed by atoms with van der Waals surface area (Å²) >= 11 is 0. The molecule has 0 bridgehead atoms. The highest BCUT2D eigenvalue weighted by Gasteiger charge is 2.43. The van der Waals surface area contributed by atoms with Crippen LogP contribution in [0.15, 0.2) is 78.9 Å². The largest absolute Gasteiger partial charge is 0.416 e. The van der Waals surface area contributed by atoms with Crippen molar-refractivity contribution in [1.82, 2.24) is 5.32 Å². The van der Waals surface area contributed by atoms with Crippen LogP contribution in [0.5, 0.6) is 0 Å². The third kappa shape index (κ3) is 7.42. The zero-order valence-electron chi connectivity index (χ0n) is 22.0. The molecule has 0 aromatic heterocycles. The minimum absolute atomic E-state index is 0.0106. The lowest BCUT2D eigenvalue weighted by Gasteiger charge is -2.46. The SMILES string of the molecule is C[C@@H](OC[C@@]1(c2ccccc2)CC[C@@](N)(COCc2ccccc2)CN1)c1cc(C(F)(F)F)cc(C(F)(F)F)c1. The van der Waals surface area contributed by atoms with E-state index in [2.05, 4.69) is 5.32 Å². The van der Waals surface area contributed by atoms with Crippen molar-refractivity contribution in [2.24, 2.45) is 5.73 Å². The Bertz CT molecular complexity index is 1210. The second-order valence-corrected chi connectivity index (χ2v) is 10.4. The van der Waals surface area contributed by atoms with E-state index < -0.39 is 40.7 Å². The van der Waals surface area contributed by atoms with E-state index in [0.717, 1.165) is 11.1 Å². The van der Waals surface area contributed by atoms with Gasteiger partial charge in [-0.15, -0.1) is 0 Å². The molecule has 10 heteroatoms. The molecule has 1 aliphatic heterocycles. The Morgan fingerprint density at radius 3 is 1.93 bits per heavy atom. The van der Waals surface area contributed by atoms with Gasteiger partial charge in [-0.3, -0.25) is 0 Å². The lowest BCUT2D eigenvalue weighted by Crippen LogP contribution is -2.63. The number of halogens is 6. The van der Waals surface area contributed by atoms with Crippen molar-refractivity contribution in [3.05, 3.63) is 107 Å². The first kappa shape index (κ1) is 30.0. The number of ether oxygens (including phenoxy) is 2. The standard InChI is InChI=1S/C30H32F6N2O2/c1-21(23-14-25(29(31,32)33)16-26(15-23)30(34,35)36)40-20-28(24-10-6-3-7-11-24)13-12-27(37,18-38-28)19-39-17-22-8-4-2-5-9-22/h2-11,14-16,21,38H,12-13,17-20,37H2,1H3/t21-,27+,28-/m1/s1. The molecule has 0 aliphatic carbocycles. The first-order chi connectivity index (χ1) is 18.8. The van der Waals surface area contributed by atoms with E-state index >= 15 is 0 Å². The number of benzene rings is 3. The Morgan fingerprint density at radius 1 is 0.825 bits per heavy atom. The van der Waals surface area contributed by atoms with Crippen LogP contribution in [0.3, 0.4) is 0 Å². The Kier molecular flexibility index (Phi) is 8.94. The first-order valence-corrected chi connectivity index (χ1v) is 12.9. The quantitative estimate of drug-likeness (QED) is 0.274. The van der Waals surface area contributed by atoms with Crippen LogP contribution in [0, 0.1) is 0 Å². The summed E-state index contributed by atoms with van der Waals surface area (Å²) in [6, 6.07) is 20.6. The van der Waals surface area contributed by atoms with Crippen molar-refractivity contribution in [3.63, 3.8) is 0 Å². The van der Waals surface area contributed by atoms with Gasteiger partial charge in [0.05, 0.1) is 48.1 Å². The molecule has 0 radical (unpaired) electrons. The van der Waals surface area contributed by atoms with Gasteiger partial charge in [-0.05, 0) is 54.7 Å². The number of rotatable bonds is 9. The van der Waals surface area contributed by atoms with Crippen molar-refractivity contribution in [2.75, 3.05) is 19.8 Å². The molecule has 0 spiro atoms. The molecule has 1 saturated heterocycles. The normalized spacial score (nSPS) is 22.7. The molecule has 3 aromatic carbocycles. The molecular weight excluding hydrogens is 534 g/mol. The number of hydrogen-bond donors (Lipinski definition) is 2. The van der Waals surface area contributed by atoms with E-state index in [1.807, 2.05) is 60.7 Å². The van der Waals surface area contributed by atoms with Crippen LogP contribution in [0.2, 0.25) is 0 Å². The van der Waals surface area contributed by atoms with Crippen molar-refractivity contribution < 1.29 is 35.8 Å². The molecule has 0 amide bonds. The van der Waals surface area contributed by atoms with Gasteiger partial charge < -0.3 is 20.5 Å². The summed E-state index contributed by atoms with van der Waals surface area (Å²) in [6.45, 7) is 2.55. The first-order valence-electron chi connectivity index (χ1n) is 12.9. The molecule has 3 N–H and O–H groups in total. The molecule has 216 valence electrons. The zero-order valence-corrected chi connectivity index (χ0v) is 22.0. The van der Waals surface area contributed by atoms with Crippen LogP contribution in [0.1, 0.15) is 53.7 Å². The molecule has 40 heavy (non-hydrogen) atoms. The van der Waals surface area contributed by atoms with Crippen molar-refractivity contribution in [3.8, 4) is 0 Å². The molecule has 4 nitrogen and oxygen atoms in total. The summed E-state index contributed by atoms with van der Waals surface area (Å²) in [4.78, 5) is 0. The molecule has 0 unspecified atom stereocenters. The van der Waals surface area contributed by atoms with Gasteiger partial charge in [0.15, 0.2) is 0 Å². The van der Waals surface area contributed by atoms with Crippen LogP contribution in [0.4, 0.5) is 26.3 Å². The van der Waals surface area contributed by atoms with Crippen molar-refractivity contribution in [2.45, 2.75) is 55.9 Å². The molecule has 3 atom stereocenters. The van der Waals surface area contributed by atoms with E-state index in [9.17, 15) is 26.3 Å². The van der Waals surface area contributed by atoms with Crippen LogP contribution in [-0.2, 0) is 34.0 Å². The smallest absolute Gasteiger partial charge is 0.375 e. The fourth-order valence-corrected chi connectivity index (χ4v) is 4.84. The highest BCUT2D eigenvalue weighted by molar-refractivity contribution is 5.35. The fourth-order valence-electron chi connectivity index (χ4n) is 4.84. The number of piperidine rings is 1. The van der Waals surface area contributed by atoms with Gasteiger partial charge in [0.2, 0.25) is 0 Å². The van der Waals surface area contributed by atoms with E-state index in [4.69, 9.17) is 15.2 Å². The number of alkyl halides is 6. The van der Waals surface area contributed by atoms with Gasteiger partial charge in [0.1, 0.15) is 0 Å². The second kappa shape index (κ2) is 11.9. The van der Waals surface area contributed by atoms with Crippen molar-refractivity contribution >= 4 is 0 Å². The third-order valence-corrected chi connectivity index (χ3v) is 7.32. The Hall–Kier alpha value is -2.92. The van der Waals surface area contributed by atoms with Gasteiger partial charge in [0, 0.05) is 6.54 Å². The van der Waals surface area contributed by atoms with Crippen molar-refractivity contribution in [1.29, 1.82) is 0 Å². The van der Waals surface area contributed by atoms with Crippen LogP contribution in [0.25, 0.3) is 0 Å². The number of nitrogens with one attached hydrogen (secondary N) is 1. The molecule has 1 fully saturated rings. The van der Waals surface area contributed by atoms with Gasteiger partial charge in [0.25, 0.3) is 0 Å². The average Bonchev–Trinajstić information content (AvgIpc) is 2.93. The summed E-state index contributed by atoms with van der Waals surface area (Å²) in [5.41, 5.74) is 4.20. The number of hydrogen-bond acceptors (Lipinski definition) is 4. The summed E-state index contributed by atoms with van der Waals surface area (Å²) in [5, 5.41) is 3.48. The molecule has 1 heterocycles. The van der Waals surface area contributed by atoms with E-state index in [0.29, 0.717) is 44.7 Å². The van der Waals surface area contributed by atoms with Crippen LogP contribution < -0.4 is 11.1 Å². The minimum atomic E-state index is -4.93. The highest BCUT2D eigenvalue weighted by Crippen LogP contribution is 2.39. The third-order valence-electron chi connectivity index (χ3n) is 7.32. The van der Waals surface area contributed by atoms with Gasteiger partial charge in [-0.1, -0.05) is 60.7 Å². The topological polar surface area (TPSA) is 56.5 Å².